The van der Waals surface area contributed by atoms with E-state index in [9.17, 15) is 9.90 Å². The second-order valence-corrected chi connectivity index (χ2v) is 5.48. The van der Waals surface area contributed by atoms with Crippen molar-refractivity contribution in [3.05, 3.63) is 24.0 Å². The van der Waals surface area contributed by atoms with Crippen LogP contribution in [0, 0.1) is 0 Å². The first-order valence-electron chi connectivity index (χ1n) is 7.88. The molecule has 21 heavy (non-hydrogen) atoms. The van der Waals surface area contributed by atoms with Gasteiger partial charge in [-0.25, -0.2) is 4.98 Å². The number of hydrogen-bond donors (Lipinski definition) is 2. The highest BCUT2D eigenvalue weighted by Gasteiger charge is 2.26. The van der Waals surface area contributed by atoms with Crippen molar-refractivity contribution in [2.75, 3.05) is 25.0 Å². The highest BCUT2D eigenvalue weighted by Crippen LogP contribution is 2.23. The maximum Gasteiger partial charge on any atom is 0.272 e. The molecule has 0 saturated heterocycles. The summed E-state index contributed by atoms with van der Waals surface area (Å²) < 4.78 is 0. The number of carbonyl (C=O) groups excluding carboxylic acids is 1. The van der Waals surface area contributed by atoms with Crippen LogP contribution >= 0.6 is 0 Å². The van der Waals surface area contributed by atoms with Gasteiger partial charge in [0.25, 0.3) is 5.91 Å². The van der Waals surface area contributed by atoms with Gasteiger partial charge in [-0.1, -0.05) is 19.3 Å². The van der Waals surface area contributed by atoms with E-state index in [1.807, 2.05) is 13.0 Å². The molecule has 0 bridgehead atoms. The lowest BCUT2D eigenvalue weighted by molar-refractivity contribution is 0.0579. The highest BCUT2D eigenvalue weighted by atomic mass is 16.3. The van der Waals surface area contributed by atoms with Gasteiger partial charge in [0.15, 0.2) is 0 Å². The Morgan fingerprint density at radius 1 is 1.38 bits per heavy atom. The summed E-state index contributed by atoms with van der Waals surface area (Å²) in [6, 6.07) is 3.88. The summed E-state index contributed by atoms with van der Waals surface area (Å²) in [7, 11) is 0. The third kappa shape index (κ3) is 4.17. The first-order valence-corrected chi connectivity index (χ1v) is 7.88. The molecule has 116 valence electrons. The van der Waals surface area contributed by atoms with Gasteiger partial charge in [0.2, 0.25) is 0 Å². The van der Waals surface area contributed by atoms with Crippen molar-refractivity contribution in [2.45, 2.75) is 45.1 Å². The predicted octanol–water partition coefficient (Wildman–Crippen LogP) is 2.28. The van der Waals surface area contributed by atoms with Crippen molar-refractivity contribution in [3.8, 4) is 0 Å². The molecule has 0 aliphatic heterocycles. The Kier molecular flexibility index (Phi) is 5.99. The molecule has 2 N–H and O–H groups in total. The fourth-order valence-electron chi connectivity index (χ4n) is 2.93. The van der Waals surface area contributed by atoms with E-state index in [-0.39, 0.29) is 18.6 Å². The maximum atomic E-state index is 12.6. The van der Waals surface area contributed by atoms with Crippen LogP contribution in [0.2, 0.25) is 0 Å². The molecular weight excluding hydrogens is 266 g/mol. The van der Waals surface area contributed by atoms with Crippen molar-refractivity contribution in [1.82, 2.24) is 9.88 Å². The van der Waals surface area contributed by atoms with Gasteiger partial charge >= 0.3 is 0 Å². The molecule has 1 aromatic rings. The Labute approximate surface area is 126 Å². The van der Waals surface area contributed by atoms with Gasteiger partial charge < -0.3 is 15.3 Å². The van der Waals surface area contributed by atoms with Gasteiger partial charge in [-0.2, -0.15) is 0 Å². The third-order valence-corrected chi connectivity index (χ3v) is 3.98. The van der Waals surface area contributed by atoms with Gasteiger partial charge in [-0.05, 0) is 31.9 Å². The Balaban J connectivity index is 2.09. The lowest BCUT2D eigenvalue weighted by Crippen LogP contribution is -2.43. The van der Waals surface area contributed by atoms with Crippen LogP contribution in [0.1, 0.15) is 49.5 Å². The zero-order valence-corrected chi connectivity index (χ0v) is 12.7. The standard InChI is InChI=1S/C16H25N3O2/c1-2-17-13-8-9-15(18-12-13)16(21)19(10-11-20)14-6-4-3-5-7-14/h8-9,12,14,17,20H,2-7,10-11H2,1H3. The molecule has 1 heterocycles. The fourth-order valence-corrected chi connectivity index (χ4v) is 2.93. The fraction of sp³-hybridized carbons (Fsp3) is 0.625. The number of rotatable bonds is 6. The van der Waals surface area contributed by atoms with Crippen LogP contribution in [-0.2, 0) is 0 Å². The summed E-state index contributed by atoms with van der Waals surface area (Å²) in [6.45, 7) is 3.23. The normalized spacial score (nSPS) is 15.7. The molecule has 1 aliphatic rings. The molecule has 0 aromatic carbocycles. The number of carbonyl (C=O) groups is 1. The molecule has 1 amide bonds. The minimum Gasteiger partial charge on any atom is -0.395 e. The Bertz CT molecular complexity index is 441. The number of amides is 1. The second-order valence-electron chi connectivity index (χ2n) is 5.48. The molecule has 1 aromatic heterocycles. The second kappa shape index (κ2) is 7.98. The number of pyridine rings is 1. The first-order chi connectivity index (χ1) is 10.3. The SMILES string of the molecule is CCNc1ccc(C(=O)N(CCO)C2CCCCC2)nc1. The summed E-state index contributed by atoms with van der Waals surface area (Å²) in [5.41, 5.74) is 1.37. The smallest absolute Gasteiger partial charge is 0.272 e. The van der Waals surface area contributed by atoms with E-state index in [1.54, 1.807) is 17.2 Å². The number of nitrogens with one attached hydrogen (secondary N) is 1. The molecule has 5 heteroatoms. The van der Waals surface area contributed by atoms with E-state index in [1.165, 1.54) is 6.42 Å². The minimum atomic E-state index is -0.0704. The summed E-state index contributed by atoms with van der Waals surface area (Å²) >= 11 is 0. The molecule has 0 atom stereocenters. The van der Waals surface area contributed by atoms with Crippen molar-refractivity contribution in [1.29, 1.82) is 0 Å². The van der Waals surface area contributed by atoms with Crippen LogP contribution in [0.3, 0.4) is 0 Å². The zero-order chi connectivity index (χ0) is 15.1. The van der Waals surface area contributed by atoms with Gasteiger partial charge in [-0.3, -0.25) is 4.79 Å². The average molecular weight is 291 g/mol. The summed E-state index contributed by atoms with van der Waals surface area (Å²) in [5, 5.41) is 12.4. The number of hydrogen-bond acceptors (Lipinski definition) is 4. The van der Waals surface area contributed by atoms with Gasteiger partial charge in [0.05, 0.1) is 18.5 Å². The van der Waals surface area contributed by atoms with E-state index < -0.39 is 0 Å². The highest BCUT2D eigenvalue weighted by molar-refractivity contribution is 5.92. The van der Waals surface area contributed by atoms with E-state index in [0.717, 1.165) is 37.9 Å². The van der Waals surface area contributed by atoms with Gasteiger partial charge in [-0.15, -0.1) is 0 Å². The predicted molar refractivity (Wildman–Crippen MR) is 83.4 cm³/mol. The van der Waals surface area contributed by atoms with E-state index in [4.69, 9.17) is 0 Å². The van der Waals surface area contributed by atoms with Crippen molar-refractivity contribution < 1.29 is 9.90 Å². The van der Waals surface area contributed by atoms with Gasteiger partial charge in [0, 0.05) is 19.1 Å². The Morgan fingerprint density at radius 2 is 2.14 bits per heavy atom. The number of anilines is 1. The van der Waals surface area contributed by atoms with Crippen LogP contribution in [0.5, 0.6) is 0 Å². The lowest BCUT2D eigenvalue weighted by atomic mass is 9.94. The summed E-state index contributed by atoms with van der Waals surface area (Å²) in [6.07, 6.45) is 7.31. The molecule has 0 spiro atoms. The van der Waals surface area contributed by atoms with E-state index in [0.29, 0.717) is 12.2 Å². The Morgan fingerprint density at radius 3 is 2.71 bits per heavy atom. The minimum absolute atomic E-state index is 0.00227. The number of nitrogens with zero attached hydrogens (tertiary/aromatic N) is 2. The van der Waals surface area contributed by atoms with Crippen LogP contribution < -0.4 is 5.32 Å². The Hall–Kier alpha value is -1.62. The summed E-state index contributed by atoms with van der Waals surface area (Å²) in [5.74, 6) is -0.0704. The summed E-state index contributed by atoms with van der Waals surface area (Å²) in [4.78, 5) is 18.7. The molecule has 2 rings (SSSR count). The maximum absolute atomic E-state index is 12.6. The van der Waals surface area contributed by atoms with Crippen LogP contribution in [0.25, 0.3) is 0 Å². The lowest BCUT2D eigenvalue weighted by Gasteiger charge is -2.33. The van der Waals surface area contributed by atoms with Crippen LogP contribution in [-0.4, -0.2) is 46.6 Å². The third-order valence-electron chi connectivity index (χ3n) is 3.98. The molecule has 1 aliphatic carbocycles. The van der Waals surface area contributed by atoms with E-state index >= 15 is 0 Å². The number of aliphatic hydroxyl groups is 1. The largest absolute Gasteiger partial charge is 0.395 e. The molecule has 1 fully saturated rings. The molecule has 1 saturated carbocycles. The van der Waals surface area contributed by atoms with Crippen LogP contribution in [0.15, 0.2) is 18.3 Å². The van der Waals surface area contributed by atoms with Crippen molar-refractivity contribution in [3.63, 3.8) is 0 Å². The molecular formula is C16H25N3O2. The molecule has 5 nitrogen and oxygen atoms in total. The first kappa shape index (κ1) is 15.8. The van der Waals surface area contributed by atoms with Crippen molar-refractivity contribution in [2.24, 2.45) is 0 Å². The quantitative estimate of drug-likeness (QED) is 0.844. The van der Waals surface area contributed by atoms with Gasteiger partial charge in [0.1, 0.15) is 5.69 Å². The van der Waals surface area contributed by atoms with Crippen molar-refractivity contribution >= 4 is 11.6 Å². The molecule has 0 unspecified atom stereocenters. The number of aliphatic hydroxyl groups excluding tert-OH is 1. The number of aromatic nitrogens is 1. The molecule has 0 radical (unpaired) electrons. The van der Waals surface area contributed by atoms with Crippen LogP contribution in [0.4, 0.5) is 5.69 Å². The monoisotopic (exact) mass is 291 g/mol. The average Bonchev–Trinajstić information content (AvgIpc) is 2.54. The topological polar surface area (TPSA) is 65.5 Å². The van der Waals surface area contributed by atoms with E-state index in [2.05, 4.69) is 10.3 Å². The zero-order valence-electron chi connectivity index (χ0n) is 12.7.